The van der Waals surface area contributed by atoms with Crippen LogP contribution in [0, 0.1) is 0 Å². The van der Waals surface area contributed by atoms with Crippen LogP contribution in [0.25, 0.3) is 0 Å². The first-order valence-electron chi connectivity index (χ1n) is 5.80. The molecular formula is C11H17N3O5S. The number of carboxylic acid groups (broad SMARTS) is 1. The molecule has 1 rings (SSSR count). The molecule has 0 unspecified atom stereocenters. The first-order valence-corrected chi connectivity index (χ1v) is 7.24. The van der Waals surface area contributed by atoms with Gasteiger partial charge in [0.2, 0.25) is 10.0 Å². The molecule has 1 heterocycles. The van der Waals surface area contributed by atoms with Crippen molar-refractivity contribution in [3.8, 4) is 0 Å². The topological polar surface area (TPSA) is 123 Å². The number of sulfonamides is 1. The van der Waals surface area contributed by atoms with Crippen molar-refractivity contribution in [2.24, 2.45) is 12.8 Å². The SMILES string of the molecule is CN(CCCC(=O)O)S(=O)(=O)c1cc(C(N)=O)n(C)c1. The van der Waals surface area contributed by atoms with Crippen LogP contribution in [0.1, 0.15) is 23.3 Å². The number of carboxylic acids is 1. The van der Waals surface area contributed by atoms with E-state index in [0.717, 1.165) is 4.31 Å². The second-order valence-corrected chi connectivity index (χ2v) is 6.40. The average Bonchev–Trinajstić information content (AvgIpc) is 2.71. The summed E-state index contributed by atoms with van der Waals surface area (Å²) in [6, 6.07) is 1.20. The lowest BCUT2D eigenvalue weighted by Gasteiger charge is -2.15. The van der Waals surface area contributed by atoms with Gasteiger partial charge in [0.15, 0.2) is 0 Å². The van der Waals surface area contributed by atoms with Gasteiger partial charge >= 0.3 is 5.97 Å². The normalized spacial score (nSPS) is 11.8. The summed E-state index contributed by atoms with van der Waals surface area (Å²) in [5, 5.41) is 8.52. The fraction of sp³-hybridized carbons (Fsp3) is 0.455. The molecular weight excluding hydrogens is 286 g/mol. The molecule has 0 spiro atoms. The minimum Gasteiger partial charge on any atom is -0.481 e. The first-order chi connectivity index (χ1) is 9.16. The van der Waals surface area contributed by atoms with Gasteiger partial charge in [-0.05, 0) is 12.5 Å². The number of amides is 1. The second kappa shape index (κ2) is 6.06. The lowest BCUT2D eigenvalue weighted by atomic mass is 10.3. The highest BCUT2D eigenvalue weighted by atomic mass is 32.2. The molecule has 0 aliphatic heterocycles. The lowest BCUT2D eigenvalue weighted by molar-refractivity contribution is -0.137. The quantitative estimate of drug-likeness (QED) is 0.710. The summed E-state index contributed by atoms with van der Waals surface area (Å²) in [5.41, 5.74) is 5.21. The Kier molecular flexibility index (Phi) is 4.90. The van der Waals surface area contributed by atoms with Gasteiger partial charge in [0.25, 0.3) is 5.91 Å². The lowest BCUT2D eigenvalue weighted by Crippen LogP contribution is -2.28. The van der Waals surface area contributed by atoms with Crippen molar-refractivity contribution < 1.29 is 23.1 Å². The van der Waals surface area contributed by atoms with Crippen LogP contribution in [-0.4, -0.2) is 47.9 Å². The van der Waals surface area contributed by atoms with Gasteiger partial charge in [-0.15, -0.1) is 0 Å². The summed E-state index contributed by atoms with van der Waals surface area (Å²) >= 11 is 0. The van der Waals surface area contributed by atoms with Crippen molar-refractivity contribution in [3.63, 3.8) is 0 Å². The van der Waals surface area contributed by atoms with E-state index in [1.54, 1.807) is 0 Å². The zero-order valence-electron chi connectivity index (χ0n) is 11.2. The molecule has 0 aromatic carbocycles. The maximum Gasteiger partial charge on any atom is 0.303 e. The molecule has 1 aromatic heterocycles. The maximum atomic E-state index is 12.2. The van der Waals surface area contributed by atoms with Gasteiger partial charge in [-0.1, -0.05) is 0 Å². The number of nitrogens with zero attached hydrogens (tertiary/aromatic N) is 2. The van der Waals surface area contributed by atoms with Crippen LogP contribution in [0.2, 0.25) is 0 Å². The Morgan fingerprint density at radius 1 is 1.45 bits per heavy atom. The molecule has 1 amide bonds. The third-order valence-electron chi connectivity index (χ3n) is 2.80. The second-order valence-electron chi connectivity index (χ2n) is 4.36. The fourth-order valence-corrected chi connectivity index (χ4v) is 2.95. The minimum absolute atomic E-state index is 0.0494. The van der Waals surface area contributed by atoms with Crippen molar-refractivity contribution in [1.29, 1.82) is 0 Å². The molecule has 0 aliphatic rings. The van der Waals surface area contributed by atoms with Gasteiger partial charge in [-0.2, -0.15) is 0 Å². The number of primary amides is 1. The van der Waals surface area contributed by atoms with E-state index in [2.05, 4.69) is 0 Å². The zero-order valence-corrected chi connectivity index (χ0v) is 12.1. The fourth-order valence-electron chi connectivity index (χ4n) is 1.67. The van der Waals surface area contributed by atoms with Gasteiger partial charge < -0.3 is 15.4 Å². The van der Waals surface area contributed by atoms with Crippen LogP contribution in [-0.2, 0) is 21.9 Å². The number of aromatic nitrogens is 1. The van der Waals surface area contributed by atoms with Crippen LogP contribution < -0.4 is 5.73 Å². The van der Waals surface area contributed by atoms with Crippen LogP contribution in [0.4, 0.5) is 0 Å². The summed E-state index contributed by atoms with van der Waals surface area (Å²) in [7, 11) is -0.888. The summed E-state index contributed by atoms with van der Waals surface area (Å²) in [6.45, 7) is 0.0788. The summed E-state index contributed by atoms with van der Waals surface area (Å²) < 4.78 is 26.8. The molecule has 20 heavy (non-hydrogen) atoms. The number of carbonyl (C=O) groups is 2. The number of aliphatic carboxylic acids is 1. The molecule has 0 radical (unpaired) electrons. The maximum absolute atomic E-state index is 12.2. The number of hydrogen-bond acceptors (Lipinski definition) is 4. The molecule has 1 aromatic rings. The molecule has 0 saturated heterocycles. The van der Waals surface area contributed by atoms with Gasteiger partial charge in [-0.25, -0.2) is 12.7 Å². The van der Waals surface area contributed by atoms with E-state index in [9.17, 15) is 18.0 Å². The number of rotatable bonds is 7. The van der Waals surface area contributed by atoms with E-state index >= 15 is 0 Å². The number of hydrogen-bond donors (Lipinski definition) is 2. The highest BCUT2D eigenvalue weighted by Crippen LogP contribution is 2.17. The van der Waals surface area contributed by atoms with Crippen molar-refractivity contribution in [2.45, 2.75) is 17.7 Å². The van der Waals surface area contributed by atoms with Crippen molar-refractivity contribution in [1.82, 2.24) is 8.87 Å². The number of carbonyl (C=O) groups excluding carboxylic acids is 1. The average molecular weight is 303 g/mol. The van der Waals surface area contributed by atoms with Crippen molar-refractivity contribution in [3.05, 3.63) is 18.0 Å². The third kappa shape index (κ3) is 3.58. The van der Waals surface area contributed by atoms with Gasteiger partial charge in [0.1, 0.15) is 10.6 Å². The molecule has 0 saturated carbocycles. The Morgan fingerprint density at radius 3 is 2.50 bits per heavy atom. The Morgan fingerprint density at radius 2 is 2.05 bits per heavy atom. The summed E-state index contributed by atoms with van der Waals surface area (Å²) in [6.07, 6.45) is 1.39. The van der Waals surface area contributed by atoms with E-state index in [1.807, 2.05) is 0 Å². The smallest absolute Gasteiger partial charge is 0.303 e. The monoisotopic (exact) mass is 303 g/mol. The predicted octanol–water partition coefficient (Wildman–Crippen LogP) is -0.391. The summed E-state index contributed by atoms with van der Waals surface area (Å²) in [4.78, 5) is 21.5. The molecule has 112 valence electrons. The van der Waals surface area contributed by atoms with E-state index < -0.39 is 21.9 Å². The first kappa shape index (κ1) is 16.2. The third-order valence-corrected chi connectivity index (χ3v) is 4.63. The molecule has 0 aliphatic carbocycles. The largest absolute Gasteiger partial charge is 0.481 e. The number of nitrogens with two attached hydrogens (primary N) is 1. The Labute approximate surface area is 116 Å². The molecule has 0 fully saturated rings. The van der Waals surface area contributed by atoms with Crippen LogP contribution in [0.15, 0.2) is 17.2 Å². The van der Waals surface area contributed by atoms with Crippen LogP contribution in [0.3, 0.4) is 0 Å². The Hall–Kier alpha value is -1.87. The van der Waals surface area contributed by atoms with E-state index in [0.29, 0.717) is 0 Å². The predicted molar refractivity (Wildman–Crippen MR) is 70.6 cm³/mol. The standard InChI is InChI=1S/C11H17N3O5S/c1-13-7-8(6-9(13)11(12)17)20(18,19)14(2)5-3-4-10(15)16/h6-7H,3-5H2,1-2H3,(H2,12,17)(H,15,16). The highest BCUT2D eigenvalue weighted by Gasteiger charge is 2.24. The zero-order chi connectivity index (χ0) is 15.5. The van der Waals surface area contributed by atoms with Crippen LogP contribution >= 0.6 is 0 Å². The number of aryl methyl sites for hydroxylation is 1. The Balaban J connectivity index is 2.90. The molecule has 8 nitrogen and oxygen atoms in total. The van der Waals surface area contributed by atoms with Crippen LogP contribution in [0.5, 0.6) is 0 Å². The van der Waals surface area contributed by atoms with E-state index in [1.165, 1.54) is 30.9 Å². The summed E-state index contributed by atoms with van der Waals surface area (Å²) in [5.74, 6) is -1.70. The van der Waals surface area contributed by atoms with E-state index in [4.69, 9.17) is 10.8 Å². The Bertz CT molecular complexity index is 620. The molecule has 0 atom stereocenters. The van der Waals surface area contributed by atoms with Crippen molar-refractivity contribution >= 4 is 21.9 Å². The van der Waals surface area contributed by atoms with E-state index in [-0.39, 0.29) is 30.0 Å². The minimum atomic E-state index is -3.76. The van der Waals surface area contributed by atoms with Gasteiger partial charge in [-0.3, -0.25) is 9.59 Å². The highest BCUT2D eigenvalue weighted by molar-refractivity contribution is 7.89. The molecule has 9 heteroatoms. The van der Waals surface area contributed by atoms with Gasteiger partial charge in [0, 0.05) is 33.3 Å². The van der Waals surface area contributed by atoms with Crippen molar-refractivity contribution in [2.75, 3.05) is 13.6 Å². The van der Waals surface area contributed by atoms with Gasteiger partial charge in [0.05, 0.1) is 0 Å². The molecule has 3 N–H and O–H groups in total. The molecule has 0 bridgehead atoms.